The van der Waals surface area contributed by atoms with Gasteiger partial charge in [-0.1, -0.05) is 35.3 Å². The lowest BCUT2D eigenvalue weighted by atomic mass is 10.1. The molecule has 3 nitrogen and oxygen atoms in total. The summed E-state index contributed by atoms with van der Waals surface area (Å²) in [6, 6.07) is 5.33. The predicted molar refractivity (Wildman–Crippen MR) is 90.0 cm³/mol. The van der Waals surface area contributed by atoms with Gasteiger partial charge < -0.3 is 4.98 Å². The van der Waals surface area contributed by atoms with Gasteiger partial charge in [0.2, 0.25) is 0 Å². The molecule has 3 rings (SSSR count). The second-order valence-corrected chi connectivity index (χ2v) is 6.80. The molecular weight excluding hydrogens is 351 g/mol. The lowest BCUT2D eigenvalue weighted by Crippen LogP contribution is -2.11. The fourth-order valence-corrected chi connectivity index (χ4v) is 3.52. The van der Waals surface area contributed by atoms with Crippen LogP contribution in [0.4, 0.5) is 0 Å². The van der Waals surface area contributed by atoms with Crippen LogP contribution in [0.25, 0.3) is 21.3 Å². The highest BCUT2D eigenvalue weighted by Crippen LogP contribution is 2.38. The van der Waals surface area contributed by atoms with Gasteiger partial charge in [0.25, 0.3) is 5.56 Å². The first kappa shape index (κ1) is 14.9. The van der Waals surface area contributed by atoms with Crippen LogP contribution >= 0.6 is 46.1 Å². The molecule has 21 heavy (non-hydrogen) atoms. The van der Waals surface area contributed by atoms with E-state index in [4.69, 9.17) is 34.8 Å². The topological polar surface area (TPSA) is 45.8 Å². The summed E-state index contributed by atoms with van der Waals surface area (Å²) in [6.45, 7) is 1.76. The SMILES string of the molecule is CC(Cl)c1nc2scc(-c3cccc(Cl)c3Cl)c2c(=O)[nH]1. The molecule has 0 amide bonds. The van der Waals surface area contributed by atoms with Crippen LogP contribution < -0.4 is 5.56 Å². The highest BCUT2D eigenvalue weighted by molar-refractivity contribution is 7.17. The highest BCUT2D eigenvalue weighted by Gasteiger charge is 2.17. The van der Waals surface area contributed by atoms with E-state index in [1.807, 2.05) is 11.4 Å². The van der Waals surface area contributed by atoms with Crippen molar-refractivity contribution in [3.8, 4) is 11.1 Å². The van der Waals surface area contributed by atoms with Gasteiger partial charge in [0, 0.05) is 16.5 Å². The molecule has 0 saturated carbocycles. The fourth-order valence-electron chi connectivity index (χ4n) is 2.06. The van der Waals surface area contributed by atoms with Crippen molar-refractivity contribution < 1.29 is 0 Å². The number of thiophene rings is 1. The Hall–Kier alpha value is -1.07. The Balaban J connectivity index is 2.31. The molecule has 0 aliphatic rings. The molecular formula is C14H9Cl3N2OS. The molecule has 1 aromatic carbocycles. The molecule has 1 unspecified atom stereocenters. The summed E-state index contributed by atoms with van der Waals surface area (Å²) >= 11 is 19.6. The summed E-state index contributed by atoms with van der Waals surface area (Å²) in [6.07, 6.45) is 0. The Morgan fingerprint density at radius 2 is 2.05 bits per heavy atom. The standard InChI is InChI=1S/C14H9Cl3N2OS/c1-6(15)12-18-13(20)10-8(5-21-14(10)19-12)7-3-2-4-9(16)11(7)17/h2-6H,1H3,(H,18,19,20). The van der Waals surface area contributed by atoms with E-state index in [9.17, 15) is 4.79 Å². The van der Waals surface area contributed by atoms with Crippen molar-refractivity contribution in [2.24, 2.45) is 0 Å². The fraction of sp³-hybridized carbons (Fsp3) is 0.143. The van der Waals surface area contributed by atoms with Crippen LogP contribution in [0.1, 0.15) is 18.1 Å². The maximum atomic E-state index is 12.3. The Bertz CT molecular complexity index is 886. The average molecular weight is 360 g/mol. The van der Waals surface area contributed by atoms with E-state index in [0.717, 1.165) is 11.1 Å². The van der Waals surface area contributed by atoms with E-state index >= 15 is 0 Å². The number of aromatic nitrogens is 2. The third-order valence-electron chi connectivity index (χ3n) is 3.08. The average Bonchev–Trinajstić information content (AvgIpc) is 2.86. The zero-order valence-electron chi connectivity index (χ0n) is 10.8. The summed E-state index contributed by atoms with van der Waals surface area (Å²) in [7, 11) is 0. The molecule has 0 radical (unpaired) electrons. The molecule has 7 heteroatoms. The minimum atomic E-state index is -0.359. The lowest BCUT2D eigenvalue weighted by Gasteiger charge is -2.05. The number of halogens is 3. The number of nitrogens with one attached hydrogen (secondary N) is 1. The number of nitrogens with zero attached hydrogens (tertiary/aromatic N) is 1. The summed E-state index contributed by atoms with van der Waals surface area (Å²) in [5.74, 6) is 0.458. The van der Waals surface area contributed by atoms with Gasteiger partial charge >= 0.3 is 0 Å². The predicted octanol–water partition coefficient (Wildman–Crippen LogP) is 5.26. The molecule has 2 aromatic heterocycles. The van der Waals surface area contributed by atoms with Crippen molar-refractivity contribution in [1.82, 2.24) is 9.97 Å². The summed E-state index contributed by atoms with van der Waals surface area (Å²) in [5.41, 5.74) is 1.22. The maximum Gasteiger partial charge on any atom is 0.260 e. The van der Waals surface area contributed by atoms with Crippen LogP contribution in [0.5, 0.6) is 0 Å². The van der Waals surface area contributed by atoms with Gasteiger partial charge in [-0.2, -0.15) is 0 Å². The van der Waals surface area contributed by atoms with E-state index < -0.39 is 0 Å². The Labute approximate surface area is 139 Å². The largest absolute Gasteiger partial charge is 0.309 e. The quantitative estimate of drug-likeness (QED) is 0.634. The molecule has 2 heterocycles. The number of hydrogen-bond donors (Lipinski definition) is 1. The molecule has 1 atom stereocenters. The molecule has 0 bridgehead atoms. The Kier molecular flexibility index (Phi) is 3.97. The second kappa shape index (κ2) is 5.61. The summed E-state index contributed by atoms with van der Waals surface area (Å²) in [5, 5.41) is 2.87. The molecule has 0 fully saturated rings. The van der Waals surface area contributed by atoms with Crippen LogP contribution in [0.3, 0.4) is 0 Å². The number of aromatic amines is 1. The molecule has 0 aliphatic heterocycles. The van der Waals surface area contributed by atoms with E-state index in [1.54, 1.807) is 19.1 Å². The number of alkyl halides is 1. The summed E-state index contributed by atoms with van der Waals surface area (Å²) in [4.78, 5) is 20.1. The second-order valence-electron chi connectivity index (χ2n) is 4.50. The Morgan fingerprint density at radius 1 is 1.29 bits per heavy atom. The third-order valence-corrected chi connectivity index (χ3v) is 4.98. The Morgan fingerprint density at radius 3 is 2.76 bits per heavy atom. The molecule has 0 spiro atoms. The third kappa shape index (κ3) is 2.57. The van der Waals surface area contributed by atoms with E-state index in [0.29, 0.717) is 26.1 Å². The number of fused-ring (bicyclic) bond motifs is 1. The number of H-pyrrole nitrogens is 1. The van der Waals surface area contributed by atoms with Crippen LogP contribution in [0.15, 0.2) is 28.4 Å². The van der Waals surface area contributed by atoms with Crippen LogP contribution in [0.2, 0.25) is 10.0 Å². The van der Waals surface area contributed by atoms with Crippen LogP contribution in [-0.2, 0) is 0 Å². The van der Waals surface area contributed by atoms with Crippen LogP contribution in [-0.4, -0.2) is 9.97 Å². The van der Waals surface area contributed by atoms with E-state index in [1.165, 1.54) is 11.3 Å². The van der Waals surface area contributed by atoms with Crippen LogP contribution in [0, 0.1) is 0 Å². The maximum absolute atomic E-state index is 12.3. The van der Waals surface area contributed by atoms with E-state index in [2.05, 4.69) is 9.97 Å². The van der Waals surface area contributed by atoms with Gasteiger partial charge in [-0.15, -0.1) is 22.9 Å². The minimum Gasteiger partial charge on any atom is -0.309 e. The number of benzene rings is 1. The molecule has 0 aliphatic carbocycles. The smallest absolute Gasteiger partial charge is 0.260 e. The highest BCUT2D eigenvalue weighted by atomic mass is 35.5. The first-order valence-electron chi connectivity index (χ1n) is 6.09. The molecule has 0 saturated heterocycles. The first-order valence-corrected chi connectivity index (χ1v) is 8.16. The first-order chi connectivity index (χ1) is 9.99. The normalized spacial score (nSPS) is 12.8. The van der Waals surface area contributed by atoms with Crippen molar-refractivity contribution >= 4 is 56.4 Å². The monoisotopic (exact) mass is 358 g/mol. The summed E-state index contributed by atoms with van der Waals surface area (Å²) < 4.78 is 0. The zero-order chi connectivity index (χ0) is 15.1. The number of hydrogen-bond acceptors (Lipinski definition) is 3. The minimum absolute atomic E-state index is 0.227. The van der Waals surface area contributed by atoms with Gasteiger partial charge in [-0.25, -0.2) is 4.98 Å². The van der Waals surface area contributed by atoms with Crippen molar-refractivity contribution in [2.45, 2.75) is 12.3 Å². The van der Waals surface area contributed by atoms with Crippen molar-refractivity contribution in [1.29, 1.82) is 0 Å². The van der Waals surface area contributed by atoms with Gasteiger partial charge in [0.1, 0.15) is 10.7 Å². The molecule has 108 valence electrons. The van der Waals surface area contributed by atoms with Gasteiger partial charge in [-0.05, 0) is 13.0 Å². The van der Waals surface area contributed by atoms with Crippen molar-refractivity contribution in [3.05, 3.63) is 49.8 Å². The van der Waals surface area contributed by atoms with Gasteiger partial charge in [0.15, 0.2) is 0 Å². The lowest BCUT2D eigenvalue weighted by molar-refractivity contribution is 0.917. The van der Waals surface area contributed by atoms with Gasteiger partial charge in [-0.3, -0.25) is 4.79 Å². The molecule has 3 aromatic rings. The molecule has 1 N–H and O–H groups in total. The van der Waals surface area contributed by atoms with Crippen molar-refractivity contribution in [3.63, 3.8) is 0 Å². The van der Waals surface area contributed by atoms with Gasteiger partial charge in [0.05, 0.1) is 20.8 Å². The zero-order valence-corrected chi connectivity index (χ0v) is 13.9. The van der Waals surface area contributed by atoms with E-state index in [-0.39, 0.29) is 10.9 Å². The van der Waals surface area contributed by atoms with Crippen molar-refractivity contribution in [2.75, 3.05) is 0 Å². The number of rotatable bonds is 2.